The fourth-order valence-electron chi connectivity index (χ4n) is 2.22. The smallest absolute Gasteiger partial charge is 0.0584 e. The van der Waals surface area contributed by atoms with E-state index in [1.165, 1.54) is 19.3 Å². The van der Waals surface area contributed by atoms with Gasteiger partial charge in [-0.15, -0.1) is 0 Å². The molecular formula is C11H23NO. The zero-order valence-electron chi connectivity index (χ0n) is 9.14. The Morgan fingerprint density at radius 2 is 2.23 bits per heavy atom. The van der Waals surface area contributed by atoms with Crippen LogP contribution in [0.2, 0.25) is 0 Å². The maximum atomic E-state index is 9.09. The maximum absolute atomic E-state index is 9.09. The van der Waals surface area contributed by atoms with Crippen LogP contribution < -0.4 is 5.32 Å². The average molecular weight is 185 g/mol. The van der Waals surface area contributed by atoms with E-state index in [1.54, 1.807) is 0 Å². The highest BCUT2D eigenvalue weighted by molar-refractivity contribution is 4.91. The normalized spacial score (nSPS) is 29.1. The van der Waals surface area contributed by atoms with Crippen LogP contribution in [0.5, 0.6) is 0 Å². The van der Waals surface area contributed by atoms with Gasteiger partial charge in [-0.25, -0.2) is 0 Å². The summed E-state index contributed by atoms with van der Waals surface area (Å²) in [6.45, 7) is 7.03. The predicted molar refractivity (Wildman–Crippen MR) is 55.7 cm³/mol. The number of nitrogens with one attached hydrogen (secondary N) is 1. The van der Waals surface area contributed by atoms with E-state index in [9.17, 15) is 0 Å². The van der Waals surface area contributed by atoms with Gasteiger partial charge in [-0.3, -0.25) is 0 Å². The number of aliphatic hydroxyl groups excluding tert-OH is 1. The minimum absolute atomic E-state index is 0.267. The molecule has 0 aromatic rings. The van der Waals surface area contributed by atoms with Crippen LogP contribution in [0, 0.1) is 5.41 Å². The summed E-state index contributed by atoms with van der Waals surface area (Å²) >= 11 is 0. The molecule has 0 saturated heterocycles. The molecule has 2 nitrogen and oxygen atoms in total. The van der Waals surface area contributed by atoms with Gasteiger partial charge in [-0.2, -0.15) is 0 Å². The summed E-state index contributed by atoms with van der Waals surface area (Å²) in [6, 6.07) is 0.895. The molecule has 2 heteroatoms. The van der Waals surface area contributed by atoms with Gasteiger partial charge in [0, 0.05) is 12.1 Å². The number of aliphatic hydroxyl groups is 1. The SMILES string of the molecule is CC[C@H](CO)NC1CCCC1(C)C. The van der Waals surface area contributed by atoms with Crippen LogP contribution in [-0.4, -0.2) is 23.8 Å². The molecule has 1 fully saturated rings. The van der Waals surface area contributed by atoms with Gasteiger partial charge in [0.2, 0.25) is 0 Å². The average Bonchev–Trinajstić information content (AvgIpc) is 2.41. The van der Waals surface area contributed by atoms with Crippen molar-refractivity contribution in [1.29, 1.82) is 0 Å². The molecule has 0 aromatic heterocycles. The molecule has 0 aromatic carbocycles. The van der Waals surface area contributed by atoms with Gasteiger partial charge in [0.1, 0.15) is 0 Å². The molecule has 0 bridgehead atoms. The van der Waals surface area contributed by atoms with E-state index in [1.807, 2.05) is 0 Å². The van der Waals surface area contributed by atoms with Crippen molar-refractivity contribution in [3.05, 3.63) is 0 Å². The van der Waals surface area contributed by atoms with Crippen LogP contribution in [0.4, 0.5) is 0 Å². The summed E-state index contributed by atoms with van der Waals surface area (Å²) in [5.41, 5.74) is 0.419. The van der Waals surface area contributed by atoms with Crippen LogP contribution in [0.1, 0.15) is 46.5 Å². The Morgan fingerprint density at radius 1 is 1.54 bits per heavy atom. The van der Waals surface area contributed by atoms with Crippen molar-refractivity contribution in [1.82, 2.24) is 5.32 Å². The Balaban J connectivity index is 2.43. The highest BCUT2D eigenvalue weighted by Gasteiger charge is 2.34. The Morgan fingerprint density at radius 3 is 2.62 bits per heavy atom. The summed E-state index contributed by atoms with van der Waals surface area (Å²) in [4.78, 5) is 0. The molecule has 1 rings (SSSR count). The van der Waals surface area contributed by atoms with Gasteiger partial charge in [-0.05, 0) is 24.7 Å². The molecule has 1 unspecified atom stereocenters. The summed E-state index contributed by atoms with van der Waals surface area (Å²) in [5.74, 6) is 0. The van der Waals surface area contributed by atoms with Gasteiger partial charge >= 0.3 is 0 Å². The lowest BCUT2D eigenvalue weighted by Crippen LogP contribution is -2.45. The highest BCUT2D eigenvalue weighted by Crippen LogP contribution is 2.37. The lowest BCUT2D eigenvalue weighted by molar-refractivity contribution is 0.194. The van der Waals surface area contributed by atoms with E-state index in [0.29, 0.717) is 17.5 Å². The van der Waals surface area contributed by atoms with Crippen LogP contribution in [0.25, 0.3) is 0 Å². The van der Waals surface area contributed by atoms with Crippen molar-refractivity contribution in [2.75, 3.05) is 6.61 Å². The molecule has 0 aliphatic heterocycles. The Bertz CT molecular complexity index is 152. The van der Waals surface area contributed by atoms with Crippen LogP contribution in [0.15, 0.2) is 0 Å². The van der Waals surface area contributed by atoms with E-state index in [4.69, 9.17) is 5.11 Å². The molecule has 2 atom stereocenters. The third-order valence-corrected chi connectivity index (χ3v) is 3.41. The van der Waals surface area contributed by atoms with Gasteiger partial charge in [-0.1, -0.05) is 27.2 Å². The monoisotopic (exact) mass is 185 g/mol. The first-order chi connectivity index (χ1) is 6.10. The zero-order valence-corrected chi connectivity index (χ0v) is 9.14. The maximum Gasteiger partial charge on any atom is 0.0584 e. The molecule has 0 radical (unpaired) electrons. The summed E-state index contributed by atoms with van der Waals surface area (Å²) in [6.07, 6.45) is 4.92. The van der Waals surface area contributed by atoms with Gasteiger partial charge in [0.15, 0.2) is 0 Å². The van der Waals surface area contributed by atoms with Gasteiger partial charge in [0.25, 0.3) is 0 Å². The molecule has 0 amide bonds. The summed E-state index contributed by atoms with van der Waals surface area (Å²) < 4.78 is 0. The molecular weight excluding hydrogens is 162 g/mol. The number of hydrogen-bond acceptors (Lipinski definition) is 2. The molecule has 1 aliphatic rings. The fraction of sp³-hybridized carbons (Fsp3) is 1.00. The second-order valence-corrected chi connectivity index (χ2v) is 4.89. The van der Waals surface area contributed by atoms with Gasteiger partial charge < -0.3 is 10.4 Å². The van der Waals surface area contributed by atoms with Crippen molar-refractivity contribution in [3.8, 4) is 0 Å². The van der Waals surface area contributed by atoms with Gasteiger partial charge in [0.05, 0.1) is 6.61 Å². The molecule has 13 heavy (non-hydrogen) atoms. The minimum atomic E-state index is 0.267. The first-order valence-electron chi connectivity index (χ1n) is 5.47. The topological polar surface area (TPSA) is 32.3 Å². The van der Waals surface area contributed by atoms with E-state index >= 15 is 0 Å². The second-order valence-electron chi connectivity index (χ2n) is 4.89. The zero-order chi connectivity index (χ0) is 9.90. The largest absolute Gasteiger partial charge is 0.395 e. The first-order valence-corrected chi connectivity index (χ1v) is 5.47. The third-order valence-electron chi connectivity index (χ3n) is 3.41. The van der Waals surface area contributed by atoms with E-state index in [0.717, 1.165) is 6.42 Å². The molecule has 78 valence electrons. The summed E-state index contributed by atoms with van der Waals surface area (Å²) in [7, 11) is 0. The Kier molecular flexibility index (Phi) is 3.74. The van der Waals surface area contributed by atoms with Crippen LogP contribution in [-0.2, 0) is 0 Å². The Hall–Kier alpha value is -0.0800. The predicted octanol–water partition coefficient (Wildman–Crippen LogP) is 1.93. The van der Waals surface area contributed by atoms with Crippen molar-refractivity contribution >= 4 is 0 Å². The van der Waals surface area contributed by atoms with Crippen molar-refractivity contribution in [3.63, 3.8) is 0 Å². The minimum Gasteiger partial charge on any atom is -0.395 e. The van der Waals surface area contributed by atoms with E-state index < -0.39 is 0 Å². The molecule has 0 spiro atoms. The lowest BCUT2D eigenvalue weighted by atomic mass is 9.87. The fourth-order valence-corrected chi connectivity index (χ4v) is 2.22. The van der Waals surface area contributed by atoms with Crippen molar-refractivity contribution in [2.24, 2.45) is 5.41 Å². The standard InChI is InChI=1S/C11H23NO/c1-4-9(8-13)12-10-6-5-7-11(10,2)3/h9-10,12-13H,4-8H2,1-3H3/t9-,10?/m1/s1. The van der Waals surface area contributed by atoms with Crippen LogP contribution >= 0.6 is 0 Å². The number of rotatable bonds is 4. The molecule has 1 aliphatic carbocycles. The first kappa shape index (κ1) is 11.0. The van der Waals surface area contributed by atoms with Crippen molar-refractivity contribution < 1.29 is 5.11 Å². The second kappa shape index (κ2) is 4.43. The highest BCUT2D eigenvalue weighted by atomic mass is 16.3. The molecule has 2 N–H and O–H groups in total. The van der Waals surface area contributed by atoms with E-state index in [-0.39, 0.29) is 6.61 Å². The summed E-state index contributed by atoms with van der Waals surface area (Å²) in [5, 5.41) is 12.6. The Labute approximate surface area is 81.7 Å². The number of hydrogen-bond donors (Lipinski definition) is 2. The molecule has 1 saturated carbocycles. The third kappa shape index (κ3) is 2.68. The quantitative estimate of drug-likeness (QED) is 0.701. The molecule has 0 heterocycles. The van der Waals surface area contributed by atoms with E-state index in [2.05, 4.69) is 26.1 Å². The lowest BCUT2D eigenvalue weighted by Gasteiger charge is -2.31. The van der Waals surface area contributed by atoms with Crippen LogP contribution in [0.3, 0.4) is 0 Å². The van der Waals surface area contributed by atoms with Crippen molar-refractivity contribution in [2.45, 2.75) is 58.5 Å².